The number of hydrogen-bond donors (Lipinski definition) is 0. The molecule has 1 aromatic heterocycles. The first-order valence-electron chi connectivity index (χ1n) is 6.64. The Kier molecular flexibility index (Phi) is 5.05. The number of rotatable bonds is 6. The van der Waals surface area contributed by atoms with Crippen molar-refractivity contribution < 1.29 is 12.9 Å². The molecule has 0 fully saturated rings. The maximum Gasteiger partial charge on any atom is 0.243 e. The minimum atomic E-state index is -3.66. The van der Waals surface area contributed by atoms with Gasteiger partial charge in [0.05, 0.1) is 10.6 Å². The van der Waals surface area contributed by atoms with E-state index in [2.05, 4.69) is 11.7 Å². The molecule has 2 aromatic rings. The van der Waals surface area contributed by atoms with E-state index in [0.29, 0.717) is 16.5 Å². The minimum absolute atomic E-state index is 0.179. The predicted molar refractivity (Wildman–Crippen MR) is 85.2 cm³/mol. The fourth-order valence-electron chi connectivity index (χ4n) is 2.05. The summed E-state index contributed by atoms with van der Waals surface area (Å²) in [5.74, 6) is 0.609. The summed E-state index contributed by atoms with van der Waals surface area (Å²) in [6, 6.07) is 6.08. The number of nitrogens with zero attached hydrogens (tertiary/aromatic N) is 2. The van der Waals surface area contributed by atoms with Gasteiger partial charge in [-0.25, -0.2) is 8.42 Å². The van der Waals surface area contributed by atoms with Gasteiger partial charge in [0.25, 0.3) is 0 Å². The summed E-state index contributed by atoms with van der Waals surface area (Å²) in [6.45, 7) is 7.54. The van der Waals surface area contributed by atoms with E-state index in [9.17, 15) is 8.42 Å². The zero-order valence-corrected chi connectivity index (χ0v) is 14.0. The molecule has 0 aliphatic carbocycles. The Morgan fingerprint density at radius 3 is 2.45 bits per heavy atom. The smallest absolute Gasteiger partial charge is 0.243 e. The van der Waals surface area contributed by atoms with Gasteiger partial charge in [-0.15, -0.1) is 6.58 Å². The lowest BCUT2D eigenvalue weighted by Crippen LogP contribution is -2.31. The maximum atomic E-state index is 12.8. The fourth-order valence-corrected chi connectivity index (χ4v) is 3.56. The highest BCUT2D eigenvalue weighted by molar-refractivity contribution is 7.89. The molecule has 0 atom stereocenters. The van der Waals surface area contributed by atoms with E-state index in [-0.39, 0.29) is 18.0 Å². The van der Waals surface area contributed by atoms with Crippen LogP contribution in [-0.2, 0) is 16.6 Å². The zero-order chi connectivity index (χ0) is 16.3. The van der Waals surface area contributed by atoms with Crippen molar-refractivity contribution in [2.45, 2.75) is 25.3 Å². The summed E-state index contributed by atoms with van der Waals surface area (Å²) in [7, 11) is -3.66. The lowest BCUT2D eigenvalue weighted by atomic mass is 10.2. The van der Waals surface area contributed by atoms with Crippen molar-refractivity contribution in [1.29, 1.82) is 0 Å². The first kappa shape index (κ1) is 16.7. The second kappa shape index (κ2) is 6.64. The molecular formula is C15H17ClN2O3S. The van der Waals surface area contributed by atoms with Crippen molar-refractivity contribution in [2.24, 2.45) is 0 Å². The van der Waals surface area contributed by atoms with Gasteiger partial charge in [-0.05, 0) is 38.1 Å². The molecule has 0 radical (unpaired) electrons. The van der Waals surface area contributed by atoms with Gasteiger partial charge in [0, 0.05) is 23.7 Å². The number of aryl methyl sites for hydroxylation is 2. The second-order valence-corrected chi connectivity index (χ2v) is 7.22. The van der Waals surface area contributed by atoms with Crippen molar-refractivity contribution in [3.8, 4) is 0 Å². The topological polar surface area (TPSA) is 63.4 Å². The highest BCUT2D eigenvalue weighted by Crippen LogP contribution is 2.22. The van der Waals surface area contributed by atoms with Crippen molar-refractivity contribution in [2.75, 3.05) is 6.54 Å². The average molecular weight is 341 g/mol. The van der Waals surface area contributed by atoms with Crippen LogP contribution >= 0.6 is 11.6 Å². The van der Waals surface area contributed by atoms with Gasteiger partial charge in [-0.3, -0.25) is 0 Å². The van der Waals surface area contributed by atoms with Gasteiger partial charge in [0.2, 0.25) is 10.0 Å². The quantitative estimate of drug-likeness (QED) is 0.757. The van der Waals surface area contributed by atoms with Crippen LogP contribution in [0.3, 0.4) is 0 Å². The molecule has 5 nitrogen and oxygen atoms in total. The van der Waals surface area contributed by atoms with Gasteiger partial charge < -0.3 is 4.52 Å². The Morgan fingerprint density at radius 1 is 1.32 bits per heavy atom. The largest absolute Gasteiger partial charge is 0.361 e. The third kappa shape index (κ3) is 3.40. The van der Waals surface area contributed by atoms with Crippen molar-refractivity contribution in [3.63, 3.8) is 0 Å². The van der Waals surface area contributed by atoms with Crippen LogP contribution in [0.2, 0.25) is 5.02 Å². The number of benzene rings is 1. The van der Waals surface area contributed by atoms with Crippen LogP contribution in [0.15, 0.2) is 46.3 Å². The van der Waals surface area contributed by atoms with Crippen LogP contribution in [-0.4, -0.2) is 24.4 Å². The molecule has 0 spiro atoms. The molecule has 1 aromatic carbocycles. The number of halogens is 1. The van der Waals surface area contributed by atoms with E-state index >= 15 is 0 Å². The van der Waals surface area contributed by atoms with Crippen LogP contribution in [0.25, 0.3) is 0 Å². The zero-order valence-electron chi connectivity index (χ0n) is 12.4. The highest BCUT2D eigenvalue weighted by Gasteiger charge is 2.25. The normalized spacial score (nSPS) is 11.8. The Balaban J connectivity index is 2.38. The molecule has 2 rings (SSSR count). The van der Waals surface area contributed by atoms with E-state index in [4.69, 9.17) is 16.1 Å². The molecule has 118 valence electrons. The van der Waals surface area contributed by atoms with Crippen molar-refractivity contribution in [3.05, 3.63) is 59.0 Å². The Bertz CT molecular complexity index is 747. The molecule has 22 heavy (non-hydrogen) atoms. The lowest BCUT2D eigenvalue weighted by molar-refractivity contribution is 0.388. The first-order valence-corrected chi connectivity index (χ1v) is 8.46. The number of aromatic nitrogens is 1. The molecule has 1 heterocycles. The molecule has 0 N–H and O–H groups in total. The van der Waals surface area contributed by atoms with Gasteiger partial charge in [-0.2, -0.15) is 4.31 Å². The second-order valence-electron chi connectivity index (χ2n) is 4.84. The molecule has 0 saturated carbocycles. The Hall–Kier alpha value is -1.63. The Labute approximate surface area is 135 Å². The molecule has 0 amide bonds. The van der Waals surface area contributed by atoms with Crippen molar-refractivity contribution >= 4 is 21.6 Å². The third-order valence-corrected chi connectivity index (χ3v) is 5.38. The Morgan fingerprint density at radius 2 is 1.95 bits per heavy atom. The lowest BCUT2D eigenvalue weighted by Gasteiger charge is -2.20. The van der Waals surface area contributed by atoms with Gasteiger partial charge in [-0.1, -0.05) is 22.8 Å². The highest BCUT2D eigenvalue weighted by atomic mass is 35.5. The van der Waals surface area contributed by atoms with E-state index < -0.39 is 10.0 Å². The maximum absolute atomic E-state index is 12.8. The first-order chi connectivity index (χ1) is 10.4. The van der Waals surface area contributed by atoms with Crippen LogP contribution in [0.4, 0.5) is 0 Å². The molecule has 0 aliphatic rings. The number of sulfonamides is 1. The SMILES string of the molecule is C=CCN(Cc1c(C)noc1C)S(=O)(=O)c1ccc(Cl)cc1. The van der Waals surface area contributed by atoms with Gasteiger partial charge >= 0.3 is 0 Å². The molecule has 0 unspecified atom stereocenters. The number of hydrogen-bond acceptors (Lipinski definition) is 4. The van der Waals surface area contributed by atoms with E-state index in [1.807, 2.05) is 0 Å². The summed E-state index contributed by atoms with van der Waals surface area (Å²) >= 11 is 5.81. The fraction of sp³-hybridized carbons (Fsp3) is 0.267. The average Bonchev–Trinajstić information content (AvgIpc) is 2.79. The van der Waals surface area contributed by atoms with Crippen molar-refractivity contribution in [1.82, 2.24) is 9.46 Å². The van der Waals surface area contributed by atoms with E-state index in [0.717, 1.165) is 5.56 Å². The van der Waals surface area contributed by atoms with Crippen LogP contribution in [0.5, 0.6) is 0 Å². The summed E-state index contributed by atoms with van der Waals surface area (Å²) < 4.78 is 32.0. The summed E-state index contributed by atoms with van der Waals surface area (Å²) in [6.07, 6.45) is 1.55. The third-order valence-electron chi connectivity index (χ3n) is 3.30. The minimum Gasteiger partial charge on any atom is -0.361 e. The molecule has 0 aliphatic heterocycles. The summed E-state index contributed by atoms with van der Waals surface area (Å²) in [4.78, 5) is 0.186. The molecule has 0 saturated heterocycles. The monoisotopic (exact) mass is 340 g/mol. The van der Waals surface area contributed by atoms with Crippen LogP contribution in [0, 0.1) is 13.8 Å². The molecule has 7 heteroatoms. The van der Waals surface area contributed by atoms with Gasteiger partial charge in [0.15, 0.2) is 0 Å². The van der Waals surface area contributed by atoms with Gasteiger partial charge in [0.1, 0.15) is 5.76 Å². The van der Waals surface area contributed by atoms with E-state index in [1.54, 1.807) is 32.1 Å². The van der Waals surface area contributed by atoms with Crippen LogP contribution < -0.4 is 0 Å². The molecule has 0 bridgehead atoms. The standard InChI is InChI=1S/C15H17ClN2O3S/c1-4-9-18(10-15-11(2)17-21-12(15)3)22(19,20)14-7-5-13(16)6-8-14/h4-8H,1,9-10H2,2-3H3. The van der Waals surface area contributed by atoms with Crippen LogP contribution in [0.1, 0.15) is 17.0 Å². The summed E-state index contributed by atoms with van der Waals surface area (Å²) in [5, 5.41) is 4.34. The molecular weight excluding hydrogens is 324 g/mol. The summed E-state index contributed by atoms with van der Waals surface area (Å²) in [5.41, 5.74) is 1.44. The van der Waals surface area contributed by atoms with E-state index in [1.165, 1.54) is 16.4 Å². The predicted octanol–water partition coefficient (Wildman–Crippen LogP) is 3.32.